The van der Waals surface area contributed by atoms with Crippen molar-refractivity contribution in [2.24, 2.45) is 5.92 Å². The quantitative estimate of drug-likeness (QED) is 0.556. The normalized spacial score (nSPS) is 24.2. The maximum absolute atomic E-state index is 12.7. The zero-order valence-corrected chi connectivity index (χ0v) is 16.2. The average Bonchev–Trinajstić information content (AvgIpc) is 3.27. The number of urea groups is 1. The zero-order chi connectivity index (χ0) is 20.3. The molecule has 28 heavy (non-hydrogen) atoms. The Labute approximate surface area is 165 Å². The van der Waals surface area contributed by atoms with E-state index in [1.807, 2.05) is 0 Å². The minimum absolute atomic E-state index is 0.353. The number of thiophene rings is 1. The Morgan fingerprint density at radius 1 is 1.32 bits per heavy atom. The van der Waals surface area contributed by atoms with Crippen LogP contribution in [0, 0.1) is 5.92 Å². The number of hydrogen-bond acceptors (Lipinski definition) is 7. The molecule has 1 aliphatic heterocycles. The summed E-state index contributed by atoms with van der Waals surface area (Å²) < 4.78 is 4.80. The van der Waals surface area contributed by atoms with E-state index >= 15 is 0 Å². The molecule has 1 aromatic rings. The Bertz CT molecular complexity index is 798. The molecule has 2 aliphatic rings. The summed E-state index contributed by atoms with van der Waals surface area (Å²) in [6.07, 6.45) is 2.72. The highest BCUT2D eigenvalue weighted by Crippen LogP contribution is 2.36. The van der Waals surface area contributed by atoms with Gasteiger partial charge in [0.05, 0.1) is 4.88 Å². The van der Waals surface area contributed by atoms with Crippen LogP contribution in [0.1, 0.15) is 42.3 Å². The second-order valence-corrected chi connectivity index (χ2v) is 8.05. The minimum atomic E-state index is -0.936. The average molecular weight is 407 g/mol. The summed E-state index contributed by atoms with van der Waals surface area (Å²) in [6.45, 7) is 0.841. The monoisotopic (exact) mass is 407 g/mol. The van der Waals surface area contributed by atoms with Crippen LogP contribution in [0.4, 0.5) is 4.79 Å². The first kappa shape index (κ1) is 20.0. The molecule has 0 unspecified atom stereocenters. The smallest absolute Gasteiger partial charge is 0.326 e. The number of nitrogens with one attached hydrogen (secondary N) is 2. The largest absolute Gasteiger partial charge is 0.454 e. The number of esters is 1. The standard InChI is InChI=1S/C18H21N3O6S/c1-11-4-6-18(7-5-11)16(25)21(17(26)20-18)9-14(23)27-10-13(22)19-15(24)12-3-2-8-28-12/h2-3,8,11H,4-7,9-10H2,1H3,(H,20,26)(H,19,22,24). The third-order valence-electron chi connectivity index (χ3n) is 5.02. The molecular weight excluding hydrogens is 386 g/mol. The number of imide groups is 2. The first-order valence-corrected chi connectivity index (χ1v) is 9.86. The van der Waals surface area contributed by atoms with Gasteiger partial charge in [0.1, 0.15) is 12.1 Å². The summed E-state index contributed by atoms with van der Waals surface area (Å²) in [5, 5.41) is 6.50. The van der Waals surface area contributed by atoms with Gasteiger partial charge >= 0.3 is 12.0 Å². The molecule has 1 aromatic heterocycles. The van der Waals surface area contributed by atoms with Crippen LogP contribution in [0.15, 0.2) is 17.5 Å². The predicted molar refractivity (Wildman–Crippen MR) is 98.4 cm³/mol. The first-order valence-electron chi connectivity index (χ1n) is 8.98. The van der Waals surface area contributed by atoms with E-state index in [2.05, 4.69) is 17.6 Å². The molecule has 1 saturated heterocycles. The van der Waals surface area contributed by atoms with Crippen LogP contribution >= 0.6 is 11.3 Å². The molecule has 3 rings (SSSR count). The van der Waals surface area contributed by atoms with Crippen molar-refractivity contribution in [2.75, 3.05) is 13.2 Å². The van der Waals surface area contributed by atoms with Crippen LogP contribution in [0.2, 0.25) is 0 Å². The van der Waals surface area contributed by atoms with Crippen LogP contribution in [-0.2, 0) is 19.1 Å². The van der Waals surface area contributed by atoms with E-state index in [1.165, 1.54) is 11.3 Å². The Balaban J connectivity index is 1.48. The van der Waals surface area contributed by atoms with Gasteiger partial charge in [-0.1, -0.05) is 13.0 Å². The van der Waals surface area contributed by atoms with Gasteiger partial charge in [-0.05, 0) is 43.0 Å². The highest BCUT2D eigenvalue weighted by Gasteiger charge is 2.52. The molecule has 5 amide bonds. The molecule has 0 bridgehead atoms. The number of amides is 5. The molecule has 1 aliphatic carbocycles. The number of carbonyl (C=O) groups is 5. The van der Waals surface area contributed by atoms with Gasteiger partial charge in [-0.25, -0.2) is 4.79 Å². The fourth-order valence-electron chi connectivity index (χ4n) is 3.37. The summed E-state index contributed by atoms with van der Waals surface area (Å²) in [5.41, 5.74) is -0.936. The van der Waals surface area contributed by atoms with Gasteiger partial charge in [0.25, 0.3) is 17.7 Å². The third kappa shape index (κ3) is 4.22. The van der Waals surface area contributed by atoms with Crippen molar-refractivity contribution in [3.05, 3.63) is 22.4 Å². The van der Waals surface area contributed by atoms with Gasteiger partial charge in [-0.15, -0.1) is 11.3 Å². The maximum Gasteiger partial charge on any atom is 0.326 e. The first-order chi connectivity index (χ1) is 13.3. The van der Waals surface area contributed by atoms with Crippen LogP contribution in [-0.4, -0.2) is 53.3 Å². The van der Waals surface area contributed by atoms with Crippen molar-refractivity contribution in [3.63, 3.8) is 0 Å². The van der Waals surface area contributed by atoms with Gasteiger partial charge in [-0.2, -0.15) is 0 Å². The third-order valence-corrected chi connectivity index (χ3v) is 5.89. The number of hydrogen-bond donors (Lipinski definition) is 2. The molecule has 9 nitrogen and oxygen atoms in total. The highest BCUT2D eigenvalue weighted by molar-refractivity contribution is 7.12. The molecular formula is C18H21N3O6S. The molecule has 0 atom stereocenters. The Morgan fingerprint density at radius 3 is 2.68 bits per heavy atom. The van der Waals surface area contributed by atoms with Crippen molar-refractivity contribution in [2.45, 2.75) is 38.1 Å². The topological polar surface area (TPSA) is 122 Å². The lowest BCUT2D eigenvalue weighted by Crippen LogP contribution is -2.49. The lowest BCUT2D eigenvalue weighted by molar-refractivity contribution is -0.151. The van der Waals surface area contributed by atoms with Crippen LogP contribution in [0.25, 0.3) is 0 Å². The molecule has 10 heteroatoms. The van der Waals surface area contributed by atoms with Crippen molar-refractivity contribution in [1.29, 1.82) is 0 Å². The van der Waals surface area contributed by atoms with Crippen molar-refractivity contribution < 1.29 is 28.7 Å². The van der Waals surface area contributed by atoms with E-state index in [0.29, 0.717) is 23.6 Å². The van der Waals surface area contributed by atoms with Crippen molar-refractivity contribution in [1.82, 2.24) is 15.5 Å². The van der Waals surface area contributed by atoms with E-state index in [9.17, 15) is 24.0 Å². The molecule has 1 saturated carbocycles. The molecule has 2 heterocycles. The van der Waals surface area contributed by atoms with Crippen molar-refractivity contribution in [3.8, 4) is 0 Å². The van der Waals surface area contributed by atoms with Gasteiger partial charge in [0, 0.05) is 0 Å². The van der Waals surface area contributed by atoms with E-state index in [1.54, 1.807) is 17.5 Å². The Kier molecular flexibility index (Phi) is 5.78. The fraction of sp³-hybridized carbons (Fsp3) is 0.500. The van der Waals surface area contributed by atoms with E-state index in [4.69, 9.17) is 4.74 Å². The van der Waals surface area contributed by atoms with Crippen LogP contribution in [0.5, 0.6) is 0 Å². The fourth-order valence-corrected chi connectivity index (χ4v) is 3.99. The zero-order valence-electron chi connectivity index (χ0n) is 15.4. The molecule has 2 N–H and O–H groups in total. The number of rotatable bonds is 5. The second-order valence-electron chi connectivity index (χ2n) is 7.10. The van der Waals surface area contributed by atoms with Crippen molar-refractivity contribution >= 4 is 41.1 Å². The summed E-state index contributed by atoms with van der Waals surface area (Å²) in [5.74, 6) is -2.22. The molecule has 0 aromatic carbocycles. The highest BCUT2D eigenvalue weighted by atomic mass is 32.1. The SMILES string of the molecule is CC1CCC2(CC1)NC(=O)N(CC(=O)OCC(=O)NC(=O)c1cccs1)C2=O. The number of nitrogens with zero attached hydrogens (tertiary/aromatic N) is 1. The molecule has 1 spiro atoms. The van der Waals surface area contributed by atoms with E-state index < -0.39 is 48.4 Å². The van der Waals surface area contributed by atoms with Gasteiger partial charge in [0.2, 0.25) is 0 Å². The predicted octanol–water partition coefficient (Wildman–Crippen LogP) is 1.05. The number of carbonyl (C=O) groups excluding carboxylic acids is 5. The Morgan fingerprint density at radius 2 is 2.04 bits per heavy atom. The minimum Gasteiger partial charge on any atom is -0.454 e. The summed E-state index contributed by atoms with van der Waals surface area (Å²) in [7, 11) is 0. The van der Waals surface area contributed by atoms with Crippen LogP contribution < -0.4 is 10.6 Å². The lowest BCUT2D eigenvalue weighted by Gasteiger charge is -2.33. The van der Waals surface area contributed by atoms with E-state index in [-0.39, 0.29) is 0 Å². The van der Waals surface area contributed by atoms with Gasteiger partial charge < -0.3 is 10.1 Å². The molecule has 150 valence electrons. The second kappa shape index (κ2) is 8.09. The lowest BCUT2D eigenvalue weighted by atomic mass is 9.77. The van der Waals surface area contributed by atoms with Gasteiger partial charge in [0.15, 0.2) is 6.61 Å². The molecule has 2 fully saturated rings. The molecule has 0 radical (unpaired) electrons. The van der Waals surface area contributed by atoms with Gasteiger partial charge in [-0.3, -0.25) is 29.4 Å². The Hall–Kier alpha value is -2.75. The van der Waals surface area contributed by atoms with Crippen LogP contribution in [0.3, 0.4) is 0 Å². The number of ether oxygens (including phenoxy) is 1. The summed E-state index contributed by atoms with van der Waals surface area (Å²) >= 11 is 1.17. The summed E-state index contributed by atoms with van der Waals surface area (Å²) in [6, 6.07) is 2.59. The van der Waals surface area contributed by atoms with E-state index in [0.717, 1.165) is 17.7 Å². The summed E-state index contributed by atoms with van der Waals surface area (Å²) in [4.78, 5) is 61.4. The maximum atomic E-state index is 12.7.